The SMILES string of the molecule is Cc1noc(C)c1C(CNC(=O)c1ccc2[nH]ccc2c1Cl)N1CCOCC1. The van der Waals surface area contributed by atoms with Crippen LogP contribution in [0.2, 0.25) is 5.02 Å². The number of morpholine rings is 1. The third kappa shape index (κ3) is 3.53. The number of hydrogen-bond acceptors (Lipinski definition) is 5. The molecular formula is C20H23ClN4O3. The number of rotatable bonds is 5. The Hall–Kier alpha value is -2.35. The van der Waals surface area contributed by atoms with Crippen molar-refractivity contribution in [2.75, 3.05) is 32.8 Å². The standard InChI is InChI=1S/C20H23ClN4O3/c1-12-18(13(2)28-24-12)17(25-7-9-27-10-8-25)11-23-20(26)15-3-4-16-14(19(15)21)5-6-22-16/h3-6,17,22H,7-11H2,1-2H3,(H,23,26). The van der Waals surface area contributed by atoms with E-state index in [9.17, 15) is 4.79 Å². The summed E-state index contributed by atoms with van der Waals surface area (Å²) in [6.45, 7) is 7.19. The van der Waals surface area contributed by atoms with Crippen LogP contribution in [0.3, 0.4) is 0 Å². The van der Waals surface area contributed by atoms with E-state index < -0.39 is 0 Å². The van der Waals surface area contributed by atoms with Gasteiger partial charge in [0.25, 0.3) is 5.91 Å². The zero-order valence-corrected chi connectivity index (χ0v) is 16.7. The molecule has 7 nitrogen and oxygen atoms in total. The molecule has 28 heavy (non-hydrogen) atoms. The predicted octanol–water partition coefficient (Wildman–Crippen LogP) is 3.23. The minimum atomic E-state index is -0.196. The van der Waals surface area contributed by atoms with Crippen molar-refractivity contribution in [3.05, 3.63) is 52.0 Å². The van der Waals surface area contributed by atoms with E-state index in [1.807, 2.05) is 32.2 Å². The van der Waals surface area contributed by atoms with Crippen LogP contribution >= 0.6 is 11.6 Å². The van der Waals surface area contributed by atoms with Crippen LogP contribution in [0.15, 0.2) is 28.9 Å². The molecule has 4 rings (SSSR count). The molecule has 1 unspecified atom stereocenters. The molecule has 0 bridgehead atoms. The van der Waals surface area contributed by atoms with Gasteiger partial charge < -0.3 is 19.6 Å². The lowest BCUT2D eigenvalue weighted by molar-refractivity contribution is 0.0158. The molecule has 0 spiro atoms. The van der Waals surface area contributed by atoms with Crippen molar-refractivity contribution in [1.29, 1.82) is 0 Å². The highest BCUT2D eigenvalue weighted by molar-refractivity contribution is 6.38. The van der Waals surface area contributed by atoms with Gasteiger partial charge in [0.1, 0.15) is 5.76 Å². The van der Waals surface area contributed by atoms with Gasteiger partial charge in [-0.2, -0.15) is 0 Å². The Bertz CT molecular complexity index is 971. The maximum Gasteiger partial charge on any atom is 0.252 e. The number of fused-ring (bicyclic) bond motifs is 1. The van der Waals surface area contributed by atoms with Crippen molar-refractivity contribution in [3.8, 4) is 0 Å². The van der Waals surface area contributed by atoms with E-state index in [2.05, 4.69) is 20.4 Å². The fraction of sp³-hybridized carbons (Fsp3) is 0.400. The number of aryl methyl sites for hydroxylation is 2. The van der Waals surface area contributed by atoms with Crippen molar-refractivity contribution in [2.24, 2.45) is 0 Å². The highest BCUT2D eigenvalue weighted by Gasteiger charge is 2.28. The lowest BCUT2D eigenvalue weighted by atomic mass is 10.0. The van der Waals surface area contributed by atoms with Crippen LogP contribution in [0.4, 0.5) is 0 Å². The largest absolute Gasteiger partial charge is 0.379 e. The van der Waals surface area contributed by atoms with Crippen LogP contribution in [0.1, 0.15) is 33.4 Å². The molecule has 0 saturated carbocycles. The number of benzene rings is 1. The molecule has 1 atom stereocenters. The van der Waals surface area contributed by atoms with E-state index in [-0.39, 0.29) is 11.9 Å². The van der Waals surface area contributed by atoms with Gasteiger partial charge in [0.05, 0.1) is 35.5 Å². The van der Waals surface area contributed by atoms with Crippen molar-refractivity contribution < 1.29 is 14.1 Å². The van der Waals surface area contributed by atoms with E-state index in [4.69, 9.17) is 20.9 Å². The fourth-order valence-corrected chi connectivity index (χ4v) is 4.14. The predicted molar refractivity (Wildman–Crippen MR) is 107 cm³/mol. The Morgan fingerprint density at radius 1 is 1.32 bits per heavy atom. The molecule has 1 aliphatic heterocycles. The number of amides is 1. The Balaban J connectivity index is 1.56. The fourth-order valence-electron chi connectivity index (χ4n) is 3.83. The van der Waals surface area contributed by atoms with Crippen LogP contribution < -0.4 is 5.32 Å². The normalized spacial score (nSPS) is 16.4. The lowest BCUT2D eigenvalue weighted by Crippen LogP contribution is -2.44. The van der Waals surface area contributed by atoms with Gasteiger partial charge in [-0.25, -0.2) is 0 Å². The molecule has 3 aromatic rings. The molecule has 148 valence electrons. The molecule has 1 fully saturated rings. The average molecular weight is 403 g/mol. The summed E-state index contributed by atoms with van der Waals surface area (Å²) in [5.74, 6) is 0.577. The quantitative estimate of drug-likeness (QED) is 0.684. The van der Waals surface area contributed by atoms with Crippen LogP contribution in [0.25, 0.3) is 10.9 Å². The number of hydrogen-bond donors (Lipinski definition) is 2. The second-order valence-corrected chi connectivity index (χ2v) is 7.36. The van der Waals surface area contributed by atoms with Gasteiger partial charge in [-0.1, -0.05) is 16.8 Å². The van der Waals surface area contributed by atoms with Crippen molar-refractivity contribution in [1.82, 2.24) is 20.4 Å². The van der Waals surface area contributed by atoms with Crippen LogP contribution in [0.5, 0.6) is 0 Å². The molecule has 1 aromatic carbocycles. The molecule has 0 radical (unpaired) electrons. The monoisotopic (exact) mass is 402 g/mol. The van der Waals surface area contributed by atoms with Gasteiger partial charge in [0.2, 0.25) is 0 Å². The minimum absolute atomic E-state index is 0.0335. The lowest BCUT2D eigenvalue weighted by Gasteiger charge is -2.34. The smallest absolute Gasteiger partial charge is 0.252 e. The highest BCUT2D eigenvalue weighted by atomic mass is 35.5. The summed E-state index contributed by atoms with van der Waals surface area (Å²) in [5, 5.41) is 8.43. The van der Waals surface area contributed by atoms with Gasteiger partial charge in [0, 0.05) is 42.3 Å². The molecule has 8 heteroatoms. The Kier molecular flexibility index (Phi) is 5.39. The molecule has 3 heterocycles. The summed E-state index contributed by atoms with van der Waals surface area (Å²) in [6.07, 6.45) is 1.81. The first-order valence-corrected chi connectivity index (χ1v) is 9.72. The first-order chi connectivity index (χ1) is 13.6. The summed E-state index contributed by atoms with van der Waals surface area (Å²) >= 11 is 6.46. The van der Waals surface area contributed by atoms with E-state index in [0.29, 0.717) is 30.3 Å². The molecule has 2 N–H and O–H groups in total. The number of ether oxygens (including phenoxy) is 1. The van der Waals surface area contributed by atoms with Gasteiger partial charge in [-0.3, -0.25) is 9.69 Å². The molecule has 1 amide bonds. The number of carbonyl (C=O) groups is 1. The summed E-state index contributed by atoms with van der Waals surface area (Å²) in [5.41, 5.74) is 3.24. The van der Waals surface area contributed by atoms with E-state index in [0.717, 1.165) is 41.0 Å². The number of aromatic amines is 1. The topological polar surface area (TPSA) is 83.4 Å². The van der Waals surface area contributed by atoms with Crippen molar-refractivity contribution in [3.63, 3.8) is 0 Å². The summed E-state index contributed by atoms with van der Waals surface area (Å²) < 4.78 is 10.9. The molecule has 1 saturated heterocycles. The van der Waals surface area contributed by atoms with Crippen LogP contribution in [-0.2, 0) is 4.74 Å². The minimum Gasteiger partial charge on any atom is -0.379 e. The van der Waals surface area contributed by atoms with Gasteiger partial charge >= 0.3 is 0 Å². The van der Waals surface area contributed by atoms with Gasteiger partial charge in [-0.05, 0) is 32.0 Å². The van der Waals surface area contributed by atoms with Crippen molar-refractivity contribution in [2.45, 2.75) is 19.9 Å². The van der Waals surface area contributed by atoms with E-state index in [1.165, 1.54) is 0 Å². The van der Waals surface area contributed by atoms with Gasteiger partial charge in [0.15, 0.2) is 0 Å². The molecule has 2 aromatic heterocycles. The number of nitrogens with zero attached hydrogens (tertiary/aromatic N) is 2. The first kappa shape index (κ1) is 19.0. The second kappa shape index (κ2) is 7.95. The number of H-pyrrole nitrogens is 1. The van der Waals surface area contributed by atoms with Gasteiger partial charge in [-0.15, -0.1) is 0 Å². The number of aromatic nitrogens is 2. The summed E-state index contributed by atoms with van der Waals surface area (Å²) in [6, 6.07) is 5.45. The van der Waals surface area contributed by atoms with E-state index >= 15 is 0 Å². The number of halogens is 1. The molecular weight excluding hydrogens is 380 g/mol. The van der Waals surface area contributed by atoms with Crippen LogP contribution in [-0.4, -0.2) is 53.8 Å². The maximum atomic E-state index is 12.9. The Morgan fingerprint density at radius 3 is 2.82 bits per heavy atom. The zero-order chi connectivity index (χ0) is 19.7. The summed E-state index contributed by atoms with van der Waals surface area (Å²) in [4.78, 5) is 18.3. The van der Waals surface area contributed by atoms with Crippen LogP contribution in [0, 0.1) is 13.8 Å². The van der Waals surface area contributed by atoms with Crippen molar-refractivity contribution >= 4 is 28.4 Å². The summed E-state index contributed by atoms with van der Waals surface area (Å²) in [7, 11) is 0. The number of carbonyl (C=O) groups excluding carboxylic acids is 1. The third-order valence-electron chi connectivity index (χ3n) is 5.28. The second-order valence-electron chi connectivity index (χ2n) is 6.98. The average Bonchev–Trinajstić information content (AvgIpc) is 3.31. The Morgan fingerprint density at radius 2 is 2.11 bits per heavy atom. The Labute approximate surface area is 168 Å². The highest BCUT2D eigenvalue weighted by Crippen LogP contribution is 2.29. The third-order valence-corrected chi connectivity index (χ3v) is 5.68. The zero-order valence-electron chi connectivity index (χ0n) is 15.9. The number of nitrogens with one attached hydrogen (secondary N) is 2. The van der Waals surface area contributed by atoms with E-state index in [1.54, 1.807) is 6.07 Å². The first-order valence-electron chi connectivity index (χ1n) is 9.34. The molecule has 0 aliphatic carbocycles. The molecule has 1 aliphatic rings. The maximum absolute atomic E-state index is 12.9.